The van der Waals surface area contributed by atoms with Crippen molar-refractivity contribution in [1.82, 2.24) is 19.7 Å². The molecule has 2 aromatic carbocycles. The Morgan fingerprint density at radius 2 is 1.80 bits per heavy atom. The molecule has 3 aromatic rings. The lowest BCUT2D eigenvalue weighted by atomic mass is 10.2. The lowest BCUT2D eigenvalue weighted by molar-refractivity contribution is -0.113. The summed E-state index contributed by atoms with van der Waals surface area (Å²) < 4.78 is 2.13. The van der Waals surface area contributed by atoms with Gasteiger partial charge in [-0.2, -0.15) is 0 Å². The number of benzene rings is 2. The number of carbonyl (C=O) groups is 1. The average molecular weight is 424 g/mol. The van der Waals surface area contributed by atoms with Gasteiger partial charge < -0.3 is 9.88 Å². The molecule has 30 heavy (non-hydrogen) atoms. The Hall–Kier alpha value is -2.64. The fraction of sp³-hybridized carbons (Fsp3) is 0.348. The molecule has 0 aliphatic carbocycles. The summed E-state index contributed by atoms with van der Waals surface area (Å²) >= 11 is 1.42. The van der Waals surface area contributed by atoms with Crippen molar-refractivity contribution in [3.63, 3.8) is 0 Å². The molecule has 6 nitrogen and oxygen atoms in total. The molecule has 0 spiro atoms. The van der Waals surface area contributed by atoms with Crippen LogP contribution in [0.15, 0.2) is 59.8 Å². The first-order chi connectivity index (χ1) is 14.5. The summed E-state index contributed by atoms with van der Waals surface area (Å²) in [6, 6.07) is 18.2. The molecular formula is C23H29N5OS. The van der Waals surface area contributed by atoms with Gasteiger partial charge in [0, 0.05) is 5.69 Å². The molecule has 3 rings (SSSR count). The zero-order valence-corrected chi connectivity index (χ0v) is 18.8. The minimum atomic E-state index is -0.0511. The number of nitrogens with one attached hydrogen (secondary N) is 1. The minimum Gasteiger partial charge on any atom is -0.325 e. The van der Waals surface area contributed by atoms with Crippen molar-refractivity contribution < 1.29 is 4.79 Å². The van der Waals surface area contributed by atoms with Crippen molar-refractivity contribution in [1.29, 1.82) is 0 Å². The molecule has 0 saturated heterocycles. The number of aromatic nitrogens is 3. The Morgan fingerprint density at radius 3 is 2.47 bits per heavy atom. The molecule has 0 aliphatic rings. The summed E-state index contributed by atoms with van der Waals surface area (Å²) in [5, 5.41) is 12.7. The number of anilines is 1. The number of thioether (sulfide) groups is 1. The van der Waals surface area contributed by atoms with Crippen molar-refractivity contribution in [3.05, 3.63) is 71.5 Å². The molecular weight excluding hydrogens is 394 g/mol. The maximum absolute atomic E-state index is 12.5. The molecule has 0 unspecified atom stereocenters. The zero-order chi connectivity index (χ0) is 21.5. The molecule has 0 bridgehead atoms. The number of nitrogens with zero attached hydrogens (tertiary/aromatic N) is 4. The zero-order valence-electron chi connectivity index (χ0n) is 18.0. The Kier molecular flexibility index (Phi) is 7.65. The first kappa shape index (κ1) is 22.1. The van der Waals surface area contributed by atoms with E-state index in [1.165, 1.54) is 17.3 Å². The highest BCUT2D eigenvalue weighted by atomic mass is 32.2. The van der Waals surface area contributed by atoms with Gasteiger partial charge in [-0.1, -0.05) is 67.2 Å². The van der Waals surface area contributed by atoms with Crippen LogP contribution in [-0.4, -0.2) is 45.4 Å². The van der Waals surface area contributed by atoms with Crippen LogP contribution in [0.2, 0.25) is 0 Å². The number of aryl methyl sites for hydroxylation is 1. The van der Waals surface area contributed by atoms with E-state index < -0.39 is 0 Å². The summed E-state index contributed by atoms with van der Waals surface area (Å²) in [6.45, 7) is 4.81. The molecule has 0 radical (unpaired) electrons. The van der Waals surface area contributed by atoms with Gasteiger partial charge in [0.05, 0.1) is 18.3 Å². The van der Waals surface area contributed by atoms with Crippen LogP contribution < -0.4 is 5.32 Å². The van der Waals surface area contributed by atoms with E-state index in [1.54, 1.807) is 0 Å². The van der Waals surface area contributed by atoms with Gasteiger partial charge in [-0.05, 0) is 44.6 Å². The van der Waals surface area contributed by atoms with E-state index in [-0.39, 0.29) is 17.7 Å². The molecule has 1 N–H and O–H groups in total. The summed E-state index contributed by atoms with van der Waals surface area (Å²) in [7, 11) is 4.11. The van der Waals surface area contributed by atoms with Gasteiger partial charge in [0.15, 0.2) is 11.0 Å². The highest BCUT2D eigenvalue weighted by Crippen LogP contribution is 2.26. The van der Waals surface area contributed by atoms with Crippen molar-refractivity contribution in [2.24, 2.45) is 0 Å². The smallest absolute Gasteiger partial charge is 0.234 e. The lowest BCUT2D eigenvalue weighted by Gasteiger charge is -2.23. The molecule has 1 amide bonds. The Balaban J connectivity index is 1.78. The standard InChI is InChI=1S/C23H29N5OS/c1-5-20(27(3)4)22-25-26-23(28(22)15-18-12-7-6-8-13-18)30-16-21(29)24-19-14-10-9-11-17(19)2/h6-14,20H,5,15-16H2,1-4H3,(H,24,29)/t20-/m1/s1. The van der Waals surface area contributed by atoms with Gasteiger partial charge in [0.1, 0.15) is 0 Å². The molecule has 0 fully saturated rings. The Morgan fingerprint density at radius 1 is 1.10 bits per heavy atom. The van der Waals surface area contributed by atoms with E-state index in [0.717, 1.165) is 28.7 Å². The second-order valence-electron chi connectivity index (χ2n) is 7.45. The molecule has 158 valence electrons. The summed E-state index contributed by atoms with van der Waals surface area (Å²) in [6.07, 6.45) is 0.929. The van der Waals surface area contributed by atoms with E-state index >= 15 is 0 Å². The highest BCUT2D eigenvalue weighted by molar-refractivity contribution is 7.99. The van der Waals surface area contributed by atoms with E-state index in [1.807, 2.05) is 49.4 Å². The quantitative estimate of drug-likeness (QED) is 0.518. The van der Waals surface area contributed by atoms with Gasteiger partial charge in [0.25, 0.3) is 0 Å². The normalized spacial score (nSPS) is 12.2. The van der Waals surface area contributed by atoms with Crippen LogP contribution in [0, 0.1) is 6.92 Å². The minimum absolute atomic E-state index is 0.0511. The van der Waals surface area contributed by atoms with Crippen molar-refractivity contribution >= 4 is 23.4 Å². The van der Waals surface area contributed by atoms with Crippen molar-refractivity contribution in [3.8, 4) is 0 Å². The lowest BCUT2D eigenvalue weighted by Crippen LogP contribution is -2.23. The number of amides is 1. The van der Waals surface area contributed by atoms with Crippen LogP contribution in [0.4, 0.5) is 5.69 Å². The molecule has 1 aromatic heterocycles. The monoisotopic (exact) mass is 423 g/mol. The maximum Gasteiger partial charge on any atom is 0.234 e. The van der Waals surface area contributed by atoms with Crippen LogP contribution in [0.25, 0.3) is 0 Å². The predicted octanol–water partition coefficient (Wildman–Crippen LogP) is 4.38. The van der Waals surface area contributed by atoms with Crippen LogP contribution in [0.5, 0.6) is 0 Å². The molecule has 1 heterocycles. The number of hydrogen-bond donors (Lipinski definition) is 1. The molecule has 7 heteroatoms. The maximum atomic E-state index is 12.5. The van der Waals surface area contributed by atoms with E-state index in [4.69, 9.17) is 0 Å². The molecule has 0 aliphatic heterocycles. The summed E-state index contributed by atoms with van der Waals surface area (Å²) in [5.41, 5.74) is 3.06. The predicted molar refractivity (Wildman–Crippen MR) is 123 cm³/mol. The first-order valence-electron chi connectivity index (χ1n) is 10.1. The Labute approximate surface area is 182 Å². The van der Waals surface area contributed by atoms with Crippen LogP contribution >= 0.6 is 11.8 Å². The third-order valence-corrected chi connectivity index (χ3v) is 5.96. The second kappa shape index (κ2) is 10.4. The SMILES string of the molecule is CC[C@H](c1nnc(SCC(=O)Nc2ccccc2C)n1Cc1ccccc1)N(C)C. The summed E-state index contributed by atoms with van der Waals surface area (Å²) in [5.74, 6) is 1.15. The van der Waals surface area contributed by atoms with Crippen molar-refractivity contribution in [2.75, 3.05) is 25.2 Å². The van der Waals surface area contributed by atoms with E-state index in [0.29, 0.717) is 6.54 Å². The number of rotatable bonds is 9. The molecule has 0 saturated carbocycles. The van der Waals surface area contributed by atoms with Crippen LogP contribution in [0.1, 0.15) is 36.3 Å². The van der Waals surface area contributed by atoms with Crippen molar-refractivity contribution in [2.45, 2.75) is 38.0 Å². The largest absolute Gasteiger partial charge is 0.325 e. The van der Waals surface area contributed by atoms with Crippen LogP contribution in [0.3, 0.4) is 0 Å². The van der Waals surface area contributed by atoms with E-state index in [2.05, 4.69) is 58.1 Å². The van der Waals surface area contributed by atoms with E-state index in [9.17, 15) is 4.79 Å². The van der Waals surface area contributed by atoms with Gasteiger partial charge in [-0.3, -0.25) is 9.69 Å². The third kappa shape index (κ3) is 5.49. The van der Waals surface area contributed by atoms with Gasteiger partial charge in [-0.15, -0.1) is 10.2 Å². The number of carbonyl (C=O) groups excluding carboxylic acids is 1. The average Bonchev–Trinajstić information content (AvgIpc) is 3.11. The number of hydrogen-bond acceptors (Lipinski definition) is 5. The number of para-hydroxylation sites is 1. The third-order valence-electron chi connectivity index (χ3n) is 4.99. The highest BCUT2D eigenvalue weighted by Gasteiger charge is 2.22. The fourth-order valence-electron chi connectivity index (χ4n) is 3.38. The molecule has 1 atom stereocenters. The van der Waals surface area contributed by atoms with Gasteiger partial charge >= 0.3 is 0 Å². The van der Waals surface area contributed by atoms with Gasteiger partial charge in [-0.25, -0.2) is 0 Å². The van der Waals surface area contributed by atoms with Crippen LogP contribution in [-0.2, 0) is 11.3 Å². The summed E-state index contributed by atoms with van der Waals surface area (Å²) in [4.78, 5) is 14.7. The second-order valence-corrected chi connectivity index (χ2v) is 8.39. The first-order valence-corrected chi connectivity index (χ1v) is 11.1. The fourth-order valence-corrected chi connectivity index (χ4v) is 4.12. The Bertz CT molecular complexity index is 971. The topological polar surface area (TPSA) is 63.1 Å². The van der Waals surface area contributed by atoms with Gasteiger partial charge in [0.2, 0.25) is 5.91 Å².